The van der Waals surface area contributed by atoms with E-state index in [-0.39, 0.29) is 6.09 Å². The van der Waals surface area contributed by atoms with Crippen molar-refractivity contribution in [3.05, 3.63) is 0 Å². The Kier molecular flexibility index (Phi) is 6.80. The fourth-order valence-electron chi connectivity index (χ4n) is 2.59. The van der Waals surface area contributed by atoms with Crippen molar-refractivity contribution in [2.45, 2.75) is 84.4 Å². The summed E-state index contributed by atoms with van der Waals surface area (Å²) in [5, 5.41) is 3.43. The Hall–Kier alpha value is -0.770. The van der Waals surface area contributed by atoms with Crippen LogP contribution in [0.5, 0.6) is 0 Å². The van der Waals surface area contributed by atoms with Crippen LogP contribution in [0.25, 0.3) is 0 Å². The van der Waals surface area contributed by atoms with E-state index >= 15 is 0 Å². The summed E-state index contributed by atoms with van der Waals surface area (Å²) in [6, 6.07) is 0.885. The molecule has 0 spiro atoms. The smallest absolute Gasteiger partial charge is 0.410 e. The minimum atomic E-state index is -0.404. The molecule has 4 heteroatoms. The van der Waals surface area contributed by atoms with Crippen molar-refractivity contribution in [2.75, 3.05) is 13.1 Å². The van der Waals surface area contributed by atoms with Gasteiger partial charge in [0.15, 0.2) is 0 Å². The summed E-state index contributed by atoms with van der Waals surface area (Å²) in [6.45, 7) is 12.0. The van der Waals surface area contributed by atoms with Crippen molar-refractivity contribution in [3.63, 3.8) is 0 Å². The summed E-state index contributed by atoms with van der Waals surface area (Å²) in [4.78, 5) is 14.2. The summed E-state index contributed by atoms with van der Waals surface area (Å²) in [5.74, 6) is 0. The molecule has 0 bridgehead atoms. The second kappa shape index (κ2) is 7.87. The van der Waals surface area contributed by atoms with Gasteiger partial charge >= 0.3 is 6.09 Å². The van der Waals surface area contributed by atoms with E-state index in [2.05, 4.69) is 19.2 Å². The van der Waals surface area contributed by atoms with Gasteiger partial charge in [-0.15, -0.1) is 0 Å². The number of nitrogens with zero attached hydrogens (tertiary/aromatic N) is 1. The summed E-state index contributed by atoms with van der Waals surface area (Å²) < 4.78 is 5.52. The topological polar surface area (TPSA) is 41.6 Å². The van der Waals surface area contributed by atoms with Gasteiger partial charge in [0.1, 0.15) is 5.60 Å². The maximum absolute atomic E-state index is 12.3. The summed E-state index contributed by atoms with van der Waals surface area (Å²) in [7, 11) is 0. The minimum absolute atomic E-state index is 0.140. The molecule has 1 rings (SSSR count). The number of carbonyl (C=O) groups is 1. The van der Waals surface area contributed by atoms with E-state index in [1.807, 2.05) is 25.7 Å². The standard InChI is InChI=1S/C16H32N2O2/c1-13(2)17-11-8-10-14-9-6-7-12-18(14)15(19)20-16(3,4)5/h13-14,17H,6-12H2,1-5H3. The number of nitrogens with one attached hydrogen (secondary N) is 1. The molecule has 118 valence electrons. The van der Waals surface area contributed by atoms with Crippen LogP contribution < -0.4 is 5.32 Å². The van der Waals surface area contributed by atoms with Crippen molar-refractivity contribution < 1.29 is 9.53 Å². The summed E-state index contributed by atoms with van der Waals surface area (Å²) >= 11 is 0. The third-order valence-electron chi connectivity index (χ3n) is 3.52. The Labute approximate surface area is 124 Å². The molecule has 1 saturated heterocycles. The summed E-state index contributed by atoms with van der Waals surface area (Å²) in [5.41, 5.74) is -0.404. The molecule has 4 nitrogen and oxygen atoms in total. The summed E-state index contributed by atoms with van der Waals surface area (Å²) in [6.07, 6.45) is 5.47. The monoisotopic (exact) mass is 284 g/mol. The first kappa shape index (κ1) is 17.3. The van der Waals surface area contributed by atoms with Crippen LogP contribution in [-0.2, 0) is 4.74 Å². The molecule has 0 saturated carbocycles. The minimum Gasteiger partial charge on any atom is -0.444 e. The highest BCUT2D eigenvalue weighted by molar-refractivity contribution is 5.68. The zero-order valence-corrected chi connectivity index (χ0v) is 13.9. The zero-order chi connectivity index (χ0) is 15.2. The van der Waals surface area contributed by atoms with Crippen molar-refractivity contribution >= 4 is 6.09 Å². The molecule has 1 atom stereocenters. The van der Waals surface area contributed by atoms with Crippen LogP contribution >= 0.6 is 0 Å². The predicted octanol–water partition coefficient (Wildman–Crippen LogP) is 3.55. The van der Waals surface area contributed by atoms with Gasteiger partial charge in [-0.3, -0.25) is 0 Å². The number of rotatable bonds is 5. The van der Waals surface area contributed by atoms with Gasteiger partial charge in [0.05, 0.1) is 0 Å². The lowest BCUT2D eigenvalue weighted by Gasteiger charge is -2.37. The van der Waals surface area contributed by atoms with Crippen LogP contribution in [0.2, 0.25) is 0 Å². The van der Waals surface area contributed by atoms with Gasteiger partial charge in [-0.1, -0.05) is 13.8 Å². The van der Waals surface area contributed by atoms with Crippen LogP contribution in [0.1, 0.15) is 66.7 Å². The molecule has 20 heavy (non-hydrogen) atoms. The van der Waals surface area contributed by atoms with E-state index in [1.165, 1.54) is 6.42 Å². The molecule has 0 aromatic rings. The average molecular weight is 284 g/mol. The van der Waals surface area contributed by atoms with Crippen molar-refractivity contribution in [3.8, 4) is 0 Å². The van der Waals surface area contributed by atoms with Gasteiger partial charge in [-0.25, -0.2) is 4.79 Å². The molecule has 0 aromatic heterocycles. The number of carbonyl (C=O) groups excluding carboxylic acids is 1. The van der Waals surface area contributed by atoms with Gasteiger partial charge in [0, 0.05) is 18.6 Å². The van der Waals surface area contributed by atoms with Gasteiger partial charge in [-0.05, 0) is 59.4 Å². The van der Waals surface area contributed by atoms with Crippen LogP contribution in [0.4, 0.5) is 4.79 Å². The Morgan fingerprint density at radius 2 is 2.05 bits per heavy atom. The molecule has 1 unspecified atom stereocenters. The lowest BCUT2D eigenvalue weighted by molar-refractivity contribution is 0.00864. The maximum Gasteiger partial charge on any atom is 0.410 e. The fourth-order valence-corrected chi connectivity index (χ4v) is 2.59. The number of ether oxygens (including phenoxy) is 1. The Morgan fingerprint density at radius 3 is 2.65 bits per heavy atom. The zero-order valence-electron chi connectivity index (χ0n) is 13.9. The van der Waals surface area contributed by atoms with Crippen LogP contribution in [0.15, 0.2) is 0 Å². The lowest BCUT2D eigenvalue weighted by atomic mass is 9.98. The molecule has 0 aromatic carbocycles. The Morgan fingerprint density at radius 1 is 1.35 bits per heavy atom. The van der Waals surface area contributed by atoms with Gasteiger partial charge in [0.25, 0.3) is 0 Å². The second-order valence-corrected chi connectivity index (χ2v) is 7.07. The number of hydrogen-bond donors (Lipinski definition) is 1. The first-order valence-electron chi connectivity index (χ1n) is 8.02. The molecular weight excluding hydrogens is 252 g/mol. The normalized spacial score (nSPS) is 20.3. The highest BCUT2D eigenvalue weighted by atomic mass is 16.6. The highest BCUT2D eigenvalue weighted by Gasteiger charge is 2.29. The van der Waals surface area contributed by atoms with Crippen molar-refractivity contribution in [1.29, 1.82) is 0 Å². The van der Waals surface area contributed by atoms with Gasteiger partial charge < -0.3 is 15.0 Å². The SMILES string of the molecule is CC(C)NCCCC1CCCCN1C(=O)OC(C)(C)C. The Balaban J connectivity index is 2.43. The molecule has 1 heterocycles. The van der Waals surface area contributed by atoms with E-state index in [4.69, 9.17) is 4.74 Å². The van der Waals surface area contributed by atoms with E-state index in [0.29, 0.717) is 12.1 Å². The first-order valence-corrected chi connectivity index (χ1v) is 8.02. The predicted molar refractivity (Wildman–Crippen MR) is 83.0 cm³/mol. The quantitative estimate of drug-likeness (QED) is 0.785. The molecule has 0 radical (unpaired) electrons. The van der Waals surface area contributed by atoms with Crippen molar-refractivity contribution in [2.24, 2.45) is 0 Å². The fraction of sp³-hybridized carbons (Fsp3) is 0.938. The third-order valence-corrected chi connectivity index (χ3v) is 3.52. The molecular formula is C16H32N2O2. The Bertz CT molecular complexity index is 297. The number of likely N-dealkylation sites (tertiary alicyclic amines) is 1. The molecule has 1 aliphatic heterocycles. The van der Waals surface area contributed by atoms with Crippen LogP contribution in [0, 0.1) is 0 Å². The van der Waals surface area contributed by atoms with E-state index in [0.717, 1.165) is 38.8 Å². The number of piperidine rings is 1. The van der Waals surface area contributed by atoms with E-state index < -0.39 is 5.60 Å². The number of amides is 1. The highest BCUT2D eigenvalue weighted by Crippen LogP contribution is 2.23. The molecule has 1 N–H and O–H groups in total. The van der Waals surface area contributed by atoms with E-state index in [1.54, 1.807) is 0 Å². The average Bonchev–Trinajstić information content (AvgIpc) is 2.32. The van der Waals surface area contributed by atoms with E-state index in [9.17, 15) is 4.79 Å². The van der Waals surface area contributed by atoms with Gasteiger partial charge in [-0.2, -0.15) is 0 Å². The third kappa shape index (κ3) is 6.60. The van der Waals surface area contributed by atoms with Gasteiger partial charge in [0.2, 0.25) is 0 Å². The maximum atomic E-state index is 12.3. The van der Waals surface area contributed by atoms with Crippen molar-refractivity contribution in [1.82, 2.24) is 10.2 Å². The molecule has 1 aliphatic rings. The molecule has 0 aliphatic carbocycles. The number of hydrogen-bond acceptors (Lipinski definition) is 3. The molecule has 1 amide bonds. The second-order valence-electron chi connectivity index (χ2n) is 7.07. The largest absolute Gasteiger partial charge is 0.444 e. The van der Waals surface area contributed by atoms with Crippen LogP contribution in [-0.4, -0.2) is 41.8 Å². The van der Waals surface area contributed by atoms with Crippen LogP contribution in [0.3, 0.4) is 0 Å². The first-order chi connectivity index (χ1) is 9.29. The molecule has 1 fully saturated rings. The lowest BCUT2D eigenvalue weighted by Crippen LogP contribution is -2.46.